The van der Waals surface area contributed by atoms with Crippen LogP contribution >= 0.6 is 0 Å². The fourth-order valence-corrected chi connectivity index (χ4v) is 10.2. The Kier molecular flexibility index (Phi) is 9.58. The quantitative estimate of drug-likeness (QED) is 0.144. The van der Waals surface area contributed by atoms with Gasteiger partial charge in [-0.3, -0.25) is 0 Å². The molecule has 11 aromatic rings. The van der Waals surface area contributed by atoms with Crippen LogP contribution in [0.25, 0.3) is 106 Å². The van der Waals surface area contributed by atoms with Gasteiger partial charge in [0, 0.05) is 28.2 Å². The van der Waals surface area contributed by atoms with Gasteiger partial charge < -0.3 is 4.57 Å². The number of aromatic nitrogens is 1. The molecule has 1 heteroatoms. The number of benzene rings is 10. The Bertz CT molecular complexity index is 3520. The van der Waals surface area contributed by atoms with Crippen LogP contribution in [-0.4, -0.2) is 4.57 Å². The molecule has 0 radical (unpaired) electrons. The maximum Gasteiger partial charge on any atom is 0.0535 e. The van der Waals surface area contributed by atoms with E-state index in [0.717, 1.165) is 0 Å². The third-order valence-corrected chi connectivity index (χ3v) is 13.9. The fraction of sp³-hybridized carbons (Fsp3) is 0.0462. The van der Waals surface area contributed by atoms with E-state index in [1.54, 1.807) is 0 Å². The zero-order valence-corrected chi connectivity index (χ0v) is 37.1. The van der Waals surface area contributed by atoms with Crippen LogP contribution < -0.4 is 0 Å². The molecule has 1 aromatic heterocycles. The van der Waals surface area contributed by atoms with Crippen molar-refractivity contribution in [1.82, 2.24) is 4.57 Å². The predicted molar refractivity (Wildman–Crippen MR) is 279 cm³/mol. The molecule has 1 nitrogen and oxygen atoms in total. The molecular weight excluding hydrogens is 795 g/mol. The van der Waals surface area contributed by atoms with E-state index in [1.165, 1.54) is 117 Å². The van der Waals surface area contributed by atoms with E-state index in [-0.39, 0.29) is 5.41 Å². The Balaban J connectivity index is 0.915. The lowest BCUT2D eigenvalue weighted by Gasteiger charge is -2.23. The second-order valence-electron chi connectivity index (χ2n) is 18.2. The minimum Gasteiger partial charge on any atom is -0.316 e. The molecule has 0 fully saturated rings. The van der Waals surface area contributed by atoms with Gasteiger partial charge in [0.15, 0.2) is 0 Å². The molecule has 0 amide bonds. The normalized spacial score (nSPS) is 12.5. The number of hydrogen-bond acceptors (Lipinski definition) is 0. The third-order valence-electron chi connectivity index (χ3n) is 13.9. The summed E-state index contributed by atoms with van der Waals surface area (Å²) >= 11 is 0. The van der Waals surface area contributed by atoms with Crippen molar-refractivity contribution in [1.29, 1.82) is 0 Å². The largest absolute Gasteiger partial charge is 0.316 e. The zero-order chi connectivity index (χ0) is 44.2. The molecule has 1 aliphatic rings. The summed E-state index contributed by atoms with van der Waals surface area (Å²) in [6.07, 6.45) is 2.35. The zero-order valence-electron chi connectivity index (χ0n) is 37.1. The van der Waals surface area contributed by atoms with Gasteiger partial charge in [0.1, 0.15) is 0 Å². The Morgan fingerprint density at radius 3 is 1.08 bits per heavy atom. The van der Waals surface area contributed by atoms with Gasteiger partial charge in [-0.05, 0) is 125 Å². The van der Waals surface area contributed by atoms with E-state index in [1.807, 2.05) is 0 Å². The van der Waals surface area contributed by atoms with E-state index in [0.29, 0.717) is 0 Å². The molecule has 0 saturated heterocycles. The fourth-order valence-electron chi connectivity index (χ4n) is 10.2. The number of nitrogens with zero attached hydrogens (tertiary/aromatic N) is 1. The number of rotatable bonds is 8. The Morgan fingerprint density at radius 1 is 0.273 bits per heavy atom. The predicted octanol–water partition coefficient (Wildman–Crippen LogP) is 17.6. The number of fused-ring (bicyclic) bond motifs is 4. The van der Waals surface area contributed by atoms with E-state index in [9.17, 15) is 0 Å². The van der Waals surface area contributed by atoms with E-state index in [2.05, 4.69) is 267 Å². The molecule has 0 aliphatic heterocycles. The van der Waals surface area contributed by atoms with Crippen molar-refractivity contribution in [3.8, 4) is 94.7 Å². The first-order chi connectivity index (χ1) is 32.4. The van der Waals surface area contributed by atoms with E-state index in [4.69, 9.17) is 0 Å². The summed E-state index contributed by atoms with van der Waals surface area (Å²) in [4.78, 5) is 0. The van der Waals surface area contributed by atoms with Gasteiger partial charge in [-0.25, -0.2) is 0 Å². The first-order valence-electron chi connectivity index (χ1n) is 23.0. The van der Waals surface area contributed by atoms with Crippen LogP contribution in [0.2, 0.25) is 0 Å². The van der Waals surface area contributed by atoms with Gasteiger partial charge in [0.25, 0.3) is 0 Å². The van der Waals surface area contributed by atoms with Gasteiger partial charge in [0.2, 0.25) is 0 Å². The Morgan fingerprint density at radius 2 is 0.606 bits per heavy atom. The summed E-state index contributed by atoms with van der Waals surface area (Å²) in [7, 11) is 0. The molecule has 10 aromatic carbocycles. The third kappa shape index (κ3) is 6.98. The van der Waals surface area contributed by atoms with Crippen LogP contribution in [0.15, 0.2) is 249 Å². The lowest BCUT2D eigenvalue weighted by molar-refractivity contribution is 0.660. The van der Waals surface area contributed by atoms with Crippen LogP contribution in [-0.2, 0) is 5.41 Å². The first kappa shape index (κ1) is 39.3. The van der Waals surface area contributed by atoms with E-state index >= 15 is 0 Å². The maximum absolute atomic E-state index is 2.43. The highest BCUT2D eigenvalue weighted by atomic mass is 15.0. The monoisotopic (exact) mass is 841 g/mol. The van der Waals surface area contributed by atoms with E-state index < -0.39 is 0 Å². The summed E-state index contributed by atoms with van der Waals surface area (Å²) < 4.78 is 2.40. The average Bonchev–Trinajstić information content (AvgIpc) is 3.88. The standard InChI is InChI=1S/C65H47N/c1-65(2)62-41-56(46-16-10-5-11-17-46)34-37-58(62)59-38-36-57(42-63(59)65)66-43-61(54-32-30-52(31-33-54)50-24-20-48(21-25-50)45-14-8-4-9-15-45)60-40-55(35-39-64(60)66)53-28-26-51(27-29-53)49-22-18-47(19-23-49)44-12-6-3-7-13-44/h3-43H,1-2H3. The van der Waals surface area contributed by atoms with Crippen LogP contribution in [0.4, 0.5) is 0 Å². The van der Waals surface area contributed by atoms with Crippen molar-refractivity contribution < 1.29 is 0 Å². The highest BCUT2D eigenvalue weighted by Gasteiger charge is 2.36. The van der Waals surface area contributed by atoms with Gasteiger partial charge >= 0.3 is 0 Å². The van der Waals surface area contributed by atoms with Crippen LogP contribution in [0, 0.1) is 0 Å². The molecular formula is C65H47N. The first-order valence-corrected chi connectivity index (χ1v) is 23.0. The van der Waals surface area contributed by atoms with Crippen molar-refractivity contribution in [2.45, 2.75) is 19.3 Å². The van der Waals surface area contributed by atoms with Crippen molar-refractivity contribution >= 4 is 10.9 Å². The van der Waals surface area contributed by atoms with Crippen LogP contribution in [0.5, 0.6) is 0 Å². The summed E-state index contributed by atoms with van der Waals surface area (Å²) in [6.45, 7) is 4.76. The lowest BCUT2D eigenvalue weighted by Crippen LogP contribution is -2.15. The smallest absolute Gasteiger partial charge is 0.0535 e. The van der Waals surface area contributed by atoms with Crippen molar-refractivity contribution in [2.75, 3.05) is 0 Å². The minimum absolute atomic E-state index is 0.157. The molecule has 0 spiro atoms. The molecule has 1 aliphatic carbocycles. The van der Waals surface area contributed by atoms with Crippen molar-refractivity contribution in [2.24, 2.45) is 0 Å². The second-order valence-corrected chi connectivity index (χ2v) is 18.2. The highest BCUT2D eigenvalue weighted by molar-refractivity contribution is 6.00. The van der Waals surface area contributed by atoms with Gasteiger partial charge in [-0.1, -0.05) is 226 Å². The molecule has 312 valence electrons. The van der Waals surface area contributed by atoms with Gasteiger partial charge in [-0.15, -0.1) is 0 Å². The topological polar surface area (TPSA) is 4.93 Å². The molecule has 0 atom stereocenters. The summed E-state index contributed by atoms with van der Waals surface area (Å²) in [5.41, 5.74) is 24.6. The Labute approximate surface area is 387 Å². The molecule has 0 N–H and O–H groups in total. The second kappa shape index (κ2) is 16.1. The highest BCUT2D eigenvalue weighted by Crippen LogP contribution is 2.50. The molecule has 1 heterocycles. The molecule has 0 unspecified atom stereocenters. The van der Waals surface area contributed by atoms with Gasteiger partial charge in [0.05, 0.1) is 5.52 Å². The van der Waals surface area contributed by atoms with Crippen molar-refractivity contribution in [3.05, 3.63) is 260 Å². The summed E-state index contributed by atoms with van der Waals surface area (Å²) in [5, 5.41) is 1.23. The number of hydrogen-bond donors (Lipinski definition) is 0. The molecule has 12 rings (SSSR count). The maximum atomic E-state index is 2.43. The summed E-state index contributed by atoms with van der Waals surface area (Å²) in [6, 6.07) is 88.9. The Hall–Kier alpha value is -8.26. The van der Waals surface area contributed by atoms with Crippen LogP contribution in [0.3, 0.4) is 0 Å². The molecule has 66 heavy (non-hydrogen) atoms. The van der Waals surface area contributed by atoms with Gasteiger partial charge in [-0.2, -0.15) is 0 Å². The SMILES string of the molecule is CC1(C)c2cc(-c3ccccc3)ccc2-c2ccc(-n3cc(-c4ccc(-c5ccc(-c6ccccc6)cc5)cc4)c4cc(-c5ccc(-c6ccc(-c7ccccc7)cc6)cc5)ccc43)cc21. The minimum atomic E-state index is -0.157. The molecule has 0 bridgehead atoms. The summed E-state index contributed by atoms with van der Waals surface area (Å²) in [5.74, 6) is 0. The van der Waals surface area contributed by atoms with Crippen LogP contribution in [0.1, 0.15) is 25.0 Å². The average molecular weight is 842 g/mol. The van der Waals surface area contributed by atoms with Crippen molar-refractivity contribution in [3.63, 3.8) is 0 Å². The lowest BCUT2D eigenvalue weighted by atomic mass is 9.81. The molecule has 0 saturated carbocycles.